The molecule has 192 valence electrons. The Kier molecular flexibility index (Phi) is 6.84. The molecule has 1 amide bonds. The number of carbonyl (C=O) groups excluding carboxylic acids is 1. The average molecular weight is 499 g/mol. The first-order chi connectivity index (χ1) is 17.7. The van der Waals surface area contributed by atoms with Crippen LogP contribution in [0.25, 0.3) is 33.6 Å². The van der Waals surface area contributed by atoms with Gasteiger partial charge in [-0.2, -0.15) is 0 Å². The fourth-order valence-corrected chi connectivity index (χ4v) is 4.52. The largest absolute Gasteiger partial charge is 0.444 e. The molecule has 0 unspecified atom stereocenters. The molecule has 1 aliphatic rings. The number of aromatic amines is 2. The second kappa shape index (κ2) is 10.2. The number of nitrogens with one attached hydrogen (secondary N) is 4. The molecule has 2 aromatic carbocycles. The van der Waals surface area contributed by atoms with Gasteiger partial charge in [0.25, 0.3) is 0 Å². The molecule has 0 spiro atoms. The van der Waals surface area contributed by atoms with E-state index in [0.717, 1.165) is 52.4 Å². The van der Waals surface area contributed by atoms with E-state index in [-0.39, 0.29) is 6.04 Å². The fraction of sp³-hybridized carbons (Fsp3) is 0.345. The zero-order valence-corrected chi connectivity index (χ0v) is 21.8. The lowest BCUT2D eigenvalue weighted by Crippen LogP contribution is -2.34. The fourth-order valence-electron chi connectivity index (χ4n) is 4.52. The number of ether oxygens (including phenoxy) is 1. The Morgan fingerprint density at radius 1 is 0.919 bits per heavy atom. The number of alkyl carbamates (subject to hydrolysis) is 1. The molecule has 4 aromatic rings. The third-order valence-corrected chi connectivity index (χ3v) is 6.45. The van der Waals surface area contributed by atoms with Crippen LogP contribution in [-0.4, -0.2) is 38.2 Å². The van der Waals surface area contributed by atoms with Crippen molar-refractivity contribution in [1.82, 2.24) is 30.6 Å². The van der Waals surface area contributed by atoms with Crippen LogP contribution in [0.5, 0.6) is 0 Å². The van der Waals surface area contributed by atoms with Crippen molar-refractivity contribution in [2.45, 2.75) is 58.2 Å². The highest BCUT2D eigenvalue weighted by molar-refractivity contribution is 5.71. The Morgan fingerprint density at radius 3 is 2.05 bits per heavy atom. The third-order valence-electron chi connectivity index (χ3n) is 6.45. The van der Waals surface area contributed by atoms with Crippen LogP contribution in [0.4, 0.5) is 4.79 Å². The second-order valence-electron chi connectivity index (χ2n) is 10.5. The van der Waals surface area contributed by atoms with Gasteiger partial charge in [0.1, 0.15) is 17.2 Å². The topological polar surface area (TPSA) is 108 Å². The Morgan fingerprint density at radius 2 is 1.49 bits per heavy atom. The molecule has 1 fully saturated rings. The first-order valence-electron chi connectivity index (χ1n) is 12.8. The molecule has 0 saturated carbocycles. The standard InChI is InChI=1S/C29H34N6O2/c1-18(33-28(36)37-29(2,3)4)26-31-16-24(34-26)21-11-7-19(8-12-21)20-9-13-22(14-10-20)25-17-32-27(35-25)23-6-5-15-30-23/h7-14,16-18,23,30H,5-6,15H2,1-4H3,(H,31,34)(H,32,35)(H,33,36)/t18-,23-/m0/s1. The average Bonchev–Trinajstić information content (AvgIpc) is 3.65. The number of hydrogen-bond acceptors (Lipinski definition) is 5. The van der Waals surface area contributed by atoms with Gasteiger partial charge in [-0.15, -0.1) is 0 Å². The number of nitrogens with zero attached hydrogens (tertiary/aromatic N) is 2. The molecule has 8 nitrogen and oxygen atoms in total. The summed E-state index contributed by atoms with van der Waals surface area (Å²) in [5, 5.41) is 6.30. The molecular formula is C29H34N6O2. The van der Waals surface area contributed by atoms with Crippen LogP contribution in [0.15, 0.2) is 60.9 Å². The van der Waals surface area contributed by atoms with Crippen molar-refractivity contribution in [2.75, 3.05) is 6.54 Å². The van der Waals surface area contributed by atoms with Gasteiger partial charge in [-0.25, -0.2) is 14.8 Å². The van der Waals surface area contributed by atoms with Crippen molar-refractivity contribution in [3.05, 3.63) is 72.6 Å². The van der Waals surface area contributed by atoms with Gasteiger partial charge in [-0.1, -0.05) is 48.5 Å². The number of rotatable bonds is 6. The number of carbonyl (C=O) groups is 1. The molecule has 4 N–H and O–H groups in total. The van der Waals surface area contributed by atoms with Crippen LogP contribution in [0.2, 0.25) is 0 Å². The van der Waals surface area contributed by atoms with Crippen molar-refractivity contribution < 1.29 is 9.53 Å². The Balaban J connectivity index is 1.23. The van der Waals surface area contributed by atoms with E-state index in [2.05, 4.69) is 79.1 Å². The van der Waals surface area contributed by atoms with Gasteiger partial charge >= 0.3 is 6.09 Å². The number of amides is 1. The normalized spacial score (nSPS) is 16.5. The van der Waals surface area contributed by atoms with Gasteiger partial charge in [0, 0.05) is 0 Å². The Hall–Kier alpha value is -3.91. The first kappa shape index (κ1) is 24.8. The van der Waals surface area contributed by atoms with E-state index in [0.29, 0.717) is 11.9 Å². The summed E-state index contributed by atoms with van der Waals surface area (Å²) in [7, 11) is 0. The summed E-state index contributed by atoms with van der Waals surface area (Å²) in [5.74, 6) is 1.69. The van der Waals surface area contributed by atoms with Crippen molar-refractivity contribution >= 4 is 6.09 Å². The van der Waals surface area contributed by atoms with Crippen molar-refractivity contribution in [3.8, 4) is 33.6 Å². The van der Waals surface area contributed by atoms with Crippen LogP contribution in [-0.2, 0) is 4.74 Å². The molecule has 2 atom stereocenters. The smallest absolute Gasteiger partial charge is 0.408 e. The summed E-state index contributed by atoms with van der Waals surface area (Å²) in [4.78, 5) is 27.9. The van der Waals surface area contributed by atoms with E-state index in [9.17, 15) is 4.79 Å². The minimum atomic E-state index is -0.546. The SMILES string of the molecule is C[C@H](NC(=O)OC(C)(C)C)c1ncc(-c2ccc(-c3ccc(-c4cnc([C@@H]5CCCN5)[nH]4)cc3)cc2)[nH]1. The summed E-state index contributed by atoms with van der Waals surface area (Å²) in [5.41, 5.74) is 5.81. The van der Waals surface area contributed by atoms with Gasteiger partial charge < -0.3 is 25.3 Å². The van der Waals surface area contributed by atoms with Crippen LogP contribution < -0.4 is 10.6 Å². The third kappa shape index (κ3) is 5.91. The Labute approximate surface area is 217 Å². The molecule has 0 bridgehead atoms. The number of hydrogen-bond donors (Lipinski definition) is 4. The number of H-pyrrole nitrogens is 2. The van der Waals surface area contributed by atoms with Crippen LogP contribution >= 0.6 is 0 Å². The molecule has 5 rings (SSSR count). The van der Waals surface area contributed by atoms with Crippen molar-refractivity contribution in [2.24, 2.45) is 0 Å². The van der Waals surface area contributed by atoms with Crippen molar-refractivity contribution in [1.29, 1.82) is 0 Å². The molecule has 2 aromatic heterocycles. The monoisotopic (exact) mass is 498 g/mol. The minimum absolute atomic E-state index is 0.304. The Bertz CT molecular complexity index is 1340. The first-order valence-corrected chi connectivity index (χ1v) is 12.8. The summed E-state index contributed by atoms with van der Waals surface area (Å²) in [6, 6.07) is 16.9. The maximum Gasteiger partial charge on any atom is 0.408 e. The van der Waals surface area contributed by atoms with Gasteiger partial charge in [-0.05, 0) is 69.3 Å². The second-order valence-corrected chi connectivity index (χ2v) is 10.5. The maximum absolute atomic E-state index is 12.1. The summed E-state index contributed by atoms with van der Waals surface area (Å²) < 4.78 is 5.33. The molecule has 1 saturated heterocycles. The van der Waals surface area contributed by atoms with Gasteiger partial charge in [0.05, 0.1) is 35.9 Å². The summed E-state index contributed by atoms with van der Waals surface area (Å²) >= 11 is 0. The number of aromatic nitrogens is 4. The zero-order valence-electron chi connectivity index (χ0n) is 21.8. The highest BCUT2D eigenvalue weighted by Gasteiger charge is 2.20. The van der Waals surface area contributed by atoms with E-state index in [1.54, 1.807) is 6.20 Å². The summed E-state index contributed by atoms with van der Waals surface area (Å²) in [6.45, 7) is 8.44. The molecule has 0 radical (unpaired) electrons. The number of benzene rings is 2. The minimum Gasteiger partial charge on any atom is -0.444 e. The molecular weight excluding hydrogens is 464 g/mol. The zero-order chi connectivity index (χ0) is 26.0. The lowest BCUT2D eigenvalue weighted by Gasteiger charge is -2.21. The van der Waals surface area contributed by atoms with Gasteiger partial charge in [0.15, 0.2) is 0 Å². The molecule has 3 heterocycles. The maximum atomic E-state index is 12.1. The van der Waals surface area contributed by atoms with Gasteiger partial charge in [-0.3, -0.25) is 0 Å². The molecule has 37 heavy (non-hydrogen) atoms. The number of imidazole rings is 2. The van der Waals surface area contributed by atoms with Crippen LogP contribution in [0.1, 0.15) is 64.3 Å². The molecule has 1 aliphatic heterocycles. The van der Waals surface area contributed by atoms with E-state index in [4.69, 9.17) is 4.74 Å². The van der Waals surface area contributed by atoms with Crippen molar-refractivity contribution in [3.63, 3.8) is 0 Å². The molecule has 8 heteroatoms. The predicted octanol–water partition coefficient (Wildman–Crippen LogP) is 6.14. The van der Waals surface area contributed by atoms with E-state index < -0.39 is 11.7 Å². The van der Waals surface area contributed by atoms with E-state index in [1.165, 1.54) is 6.42 Å². The lowest BCUT2D eigenvalue weighted by molar-refractivity contribution is 0.0506. The quantitative estimate of drug-likeness (QED) is 0.255. The molecule has 0 aliphatic carbocycles. The lowest BCUT2D eigenvalue weighted by atomic mass is 10.0. The van der Waals surface area contributed by atoms with E-state index >= 15 is 0 Å². The van der Waals surface area contributed by atoms with Crippen LogP contribution in [0, 0.1) is 0 Å². The van der Waals surface area contributed by atoms with E-state index in [1.807, 2.05) is 33.9 Å². The van der Waals surface area contributed by atoms with Gasteiger partial charge in [0.2, 0.25) is 0 Å². The summed E-state index contributed by atoms with van der Waals surface area (Å²) in [6.07, 6.45) is 5.56. The predicted molar refractivity (Wildman–Crippen MR) is 145 cm³/mol. The highest BCUT2D eigenvalue weighted by Crippen LogP contribution is 2.28. The highest BCUT2D eigenvalue weighted by atomic mass is 16.6. The van der Waals surface area contributed by atoms with Crippen LogP contribution in [0.3, 0.4) is 0 Å².